The van der Waals surface area contributed by atoms with Crippen molar-refractivity contribution in [2.24, 2.45) is 0 Å². The summed E-state index contributed by atoms with van der Waals surface area (Å²) in [5.74, 6) is 2.26. The SMILES string of the molecule is Cc1cc(N2CCC(c3c(C(=O)N4CCOCC4)sc4ccccc34)C2)nc(C)n1. The van der Waals surface area contributed by atoms with Crippen LogP contribution in [0.5, 0.6) is 0 Å². The Morgan fingerprint density at radius 1 is 1.13 bits per heavy atom. The second-order valence-electron chi connectivity index (χ2n) is 8.09. The first-order valence-corrected chi connectivity index (χ1v) is 11.4. The number of aromatic nitrogens is 2. The van der Waals surface area contributed by atoms with E-state index in [1.165, 1.54) is 15.6 Å². The Balaban J connectivity index is 1.49. The standard InChI is InChI=1S/C23H26N4O2S/c1-15-13-20(25-16(2)24-15)27-8-7-17(14-27)21-18-5-3-4-6-19(18)30-22(21)23(28)26-9-11-29-12-10-26/h3-6,13,17H,7-12,14H2,1-2H3. The second-order valence-corrected chi connectivity index (χ2v) is 9.14. The van der Waals surface area contributed by atoms with E-state index < -0.39 is 0 Å². The number of ether oxygens (including phenoxy) is 1. The quantitative estimate of drug-likeness (QED) is 0.643. The number of hydrogen-bond donors (Lipinski definition) is 0. The van der Waals surface area contributed by atoms with Gasteiger partial charge < -0.3 is 14.5 Å². The number of thiophene rings is 1. The third kappa shape index (κ3) is 3.56. The Bertz CT molecular complexity index is 1070. The van der Waals surface area contributed by atoms with E-state index in [9.17, 15) is 4.79 Å². The molecule has 2 aliphatic rings. The molecule has 4 heterocycles. The van der Waals surface area contributed by atoms with Gasteiger partial charge in [0.25, 0.3) is 5.91 Å². The number of morpholine rings is 1. The van der Waals surface area contributed by atoms with Gasteiger partial charge in [-0.3, -0.25) is 4.79 Å². The number of anilines is 1. The van der Waals surface area contributed by atoms with Crippen molar-refractivity contribution < 1.29 is 9.53 Å². The molecule has 1 amide bonds. The summed E-state index contributed by atoms with van der Waals surface area (Å²) in [4.78, 5) is 27.7. The molecule has 6 nitrogen and oxygen atoms in total. The maximum absolute atomic E-state index is 13.4. The van der Waals surface area contributed by atoms with Crippen LogP contribution in [0.4, 0.5) is 5.82 Å². The molecule has 156 valence electrons. The van der Waals surface area contributed by atoms with E-state index in [1.54, 1.807) is 11.3 Å². The van der Waals surface area contributed by atoms with Gasteiger partial charge in [-0.05, 0) is 37.3 Å². The van der Waals surface area contributed by atoms with Gasteiger partial charge in [-0.1, -0.05) is 18.2 Å². The van der Waals surface area contributed by atoms with E-state index in [2.05, 4.69) is 45.2 Å². The molecule has 0 bridgehead atoms. The lowest BCUT2D eigenvalue weighted by Crippen LogP contribution is -2.40. The molecule has 3 aromatic rings. The Kier molecular flexibility index (Phi) is 5.16. The number of hydrogen-bond acceptors (Lipinski definition) is 6. The first kappa shape index (κ1) is 19.5. The zero-order chi connectivity index (χ0) is 20.7. The monoisotopic (exact) mass is 422 g/mol. The fourth-order valence-electron chi connectivity index (χ4n) is 4.60. The summed E-state index contributed by atoms with van der Waals surface area (Å²) in [7, 11) is 0. The fraction of sp³-hybridized carbons (Fsp3) is 0.435. The van der Waals surface area contributed by atoms with Gasteiger partial charge in [0.15, 0.2) is 0 Å². The summed E-state index contributed by atoms with van der Waals surface area (Å²) in [6.45, 7) is 8.35. The molecule has 7 heteroatoms. The average molecular weight is 423 g/mol. The van der Waals surface area contributed by atoms with Crippen LogP contribution in [0.15, 0.2) is 30.3 Å². The van der Waals surface area contributed by atoms with Crippen LogP contribution >= 0.6 is 11.3 Å². The van der Waals surface area contributed by atoms with E-state index in [0.29, 0.717) is 32.2 Å². The summed E-state index contributed by atoms with van der Waals surface area (Å²) in [6.07, 6.45) is 1.02. The van der Waals surface area contributed by atoms with E-state index in [4.69, 9.17) is 4.74 Å². The van der Waals surface area contributed by atoms with Crippen LogP contribution in [-0.2, 0) is 4.74 Å². The molecule has 0 aliphatic carbocycles. The van der Waals surface area contributed by atoms with Gasteiger partial charge in [0, 0.05) is 48.6 Å². The summed E-state index contributed by atoms with van der Waals surface area (Å²) in [5, 5.41) is 1.22. The molecule has 5 rings (SSSR count). The van der Waals surface area contributed by atoms with Crippen molar-refractivity contribution in [1.29, 1.82) is 0 Å². The van der Waals surface area contributed by atoms with Gasteiger partial charge >= 0.3 is 0 Å². The van der Waals surface area contributed by atoms with Gasteiger partial charge in [-0.15, -0.1) is 11.3 Å². The molecule has 2 aromatic heterocycles. The van der Waals surface area contributed by atoms with Crippen LogP contribution in [0, 0.1) is 13.8 Å². The van der Waals surface area contributed by atoms with E-state index in [1.807, 2.05) is 18.7 Å². The number of rotatable bonds is 3. The first-order valence-electron chi connectivity index (χ1n) is 10.6. The number of benzene rings is 1. The molecule has 30 heavy (non-hydrogen) atoms. The molecule has 2 saturated heterocycles. The number of aryl methyl sites for hydroxylation is 2. The number of nitrogens with zero attached hydrogens (tertiary/aromatic N) is 4. The third-order valence-corrected chi connectivity index (χ3v) is 7.17. The normalized spacial score (nSPS) is 19.6. The predicted molar refractivity (Wildman–Crippen MR) is 120 cm³/mol. The molecule has 0 N–H and O–H groups in total. The fourth-order valence-corrected chi connectivity index (χ4v) is 5.86. The highest BCUT2D eigenvalue weighted by molar-refractivity contribution is 7.21. The van der Waals surface area contributed by atoms with Gasteiger partial charge in [0.1, 0.15) is 11.6 Å². The Labute approximate surface area is 180 Å². The highest BCUT2D eigenvalue weighted by Crippen LogP contribution is 2.41. The molecule has 1 aromatic carbocycles. The van der Waals surface area contributed by atoms with Crippen LogP contribution < -0.4 is 4.90 Å². The second kappa shape index (κ2) is 7.96. The van der Waals surface area contributed by atoms with Crippen LogP contribution in [0.3, 0.4) is 0 Å². The molecular formula is C23H26N4O2S. The van der Waals surface area contributed by atoms with Crippen LogP contribution in [-0.4, -0.2) is 60.2 Å². The lowest BCUT2D eigenvalue weighted by Gasteiger charge is -2.27. The zero-order valence-electron chi connectivity index (χ0n) is 17.4. The molecule has 0 spiro atoms. The Hall–Kier alpha value is -2.51. The van der Waals surface area contributed by atoms with Crippen LogP contribution in [0.2, 0.25) is 0 Å². The van der Waals surface area contributed by atoms with Crippen molar-refractivity contribution in [3.05, 3.63) is 52.3 Å². The van der Waals surface area contributed by atoms with E-state index in [-0.39, 0.29) is 5.91 Å². The smallest absolute Gasteiger partial charge is 0.264 e. The number of amides is 1. The van der Waals surface area contributed by atoms with Crippen molar-refractivity contribution in [2.45, 2.75) is 26.2 Å². The van der Waals surface area contributed by atoms with Gasteiger partial charge in [-0.2, -0.15) is 0 Å². The molecule has 2 fully saturated rings. The van der Waals surface area contributed by atoms with Gasteiger partial charge in [0.2, 0.25) is 0 Å². The molecule has 2 aliphatic heterocycles. The van der Waals surface area contributed by atoms with Crippen molar-refractivity contribution >= 4 is 33.1 Å². The Morgan fingerprint density at radius 2 is 1.93 bits per heavy atom. The molecule has 0 radical (unpaired) electrons. The maximum Gasteiger partial charge on any atom is 0.264 e. The van der Waals surface area contributed by atoms with E-state index in [0.717, 1.165) is 41.7 Å². The van der Waals surface area contributed by atoms with Gasteiger partial charge in [0.05, 0.1) is 18.1 Å². The molecular weight excluding hydrogens is 396 g/mol. The summed E-state index contributed by atoms with van der Waals surface area (Å²) < 4.78 is 6.64. The summed E-state index contributed by atoms with van der Waals surface area (Å²) in [6, 6.07) is 10.5. The number of fused-ring (bicyclic) bond motifs is 1. The first-order chi connectivity index (χ1) is 14.6. The highest BCUT2D eigenvalue weighted by Gasteiger charge is 2.33. The van der Waals surface area contributed by atoms with Crippen LogP contribution in [0.1, 0.15) is 39.1 Å². The van der Waals surface area contributed by atoms with E-state index >= 15 is 0 Å². The topological polar surface area (TPSA) is 58.6 Å². The van der Waals surface area contributed by atoms with Crippen molar-refractivity contribution in [1.82, 2.24) is 14.9 Å². The van der Waals surface area contributed by atoms with Crippen molar-refractivity contribution in [2.75, 3.05) is 44.3 Å². The van der Waals surface area contributed by atoms with Crippen LogP contribution in [0.25, 0.3) is 10.1 Å². The number of carbonyl (C=O) groups excluding carboxylic acids is 1. The summed E-state index contributed by atoms with van der Waals surface area (Å²) >= 11 is 1.64. The third-order valence-electron chi connectivity index (χ3n) is 6.00. The Morgan fingerprint density at radius 3 is 2.73 bits per heavy atom. The highest BCUT2D eigenvalue weighted by atomic mass is 32.1. The van der Waals surface area contributed by atoms with Gasteiger partial charge in [-0.25, -0.2) is 9.97 Å². The largest absolute Gasteiger partial charge is 0.378 e. The minimum Gasteiger partial charge on any atom is -0.378 e. The minimum absolute atomic E-state index is 0.154. The molecule has 0 saturated carbocycles. The average Bonchev–Trinajstić information content (AvgIpc) is 3.38. The van der Waals surface area contributed by atoms with Crippen molar-refractivity contribution in [3.8, 4) is 0 Å². The maximum atomic E-state index is 13.4. The summed E-state index contributed by atoms with van der Waals surface area (Å²) in [5.41, 5.74) is 2.21. The number of carbonyl (C=O) groups is 1. The molecule has 1 atom stereocenters. The molecule has 1 unspecified atom stereocenters. The zero-order valence-corrected chi connectivity index (χ0v) is 18.2. The van der Waals surface area contributed by atoms with Crippen molar-refractivity contribution in [3.63, 3.8) is 0 Å². The predicted octanol–water partition coefficient (Wildman–Crippen LogP) is 3.77. The lowest BCUT2D eigenvalue weighted by molar-refractivity contribution is 0.0305. The minimum atomic E-state index is 0.154. The lowest BCUT2D eigenvalue weighted by atomic mass is 9.94.